The van der Waals surface area contributed by atoms with Crippen LogP contribution in [-0.2, 0) is 16.8 Å². The van der Waals surface area contributed by atoms with Gasteiger partial charge in [0.05, 0.1) is 39.2 Å². The minimum Gasteiger partial charge on any atom is -0.497 e. The molecule has 266 valence electrons. The van der Waals surface area contributed by atoms with Gasteiger partial charge < -0.3 is 24.3 Å². The molecule has 2 aromatic carbocycles. The number of carbonyl (C=O) groups is 2. The van der Waals surface area contributed by atoms with Crippen LogP contribution in [0.5, 0.6) is 17.2 Å². The van der Waals surface area contributed by atoms with E-state index in [1.807, 2.05) is 18.2 Å². The number of benzene rings is 2. The number of halogens is 2. The van der Waals surface area contributed by atoms with Gasteiger partial charge in [-0.15, -0.1) is 11.3 Å². The summed E-state index contributed by atoms with van der Waals surface area (Å²) in [6.07, 6.45) is 4.99. The average molecular weight is 736 g/mol. The molecule has 2 atom stereocenters. The van der Waals surface area contributed by atoms with E-state index in [9.17, 15) is 18.4 Å². The molecule has 0 radical (unpaired) electrons. The Bertz CT molecular complexity index is 1920. The minimum absolute atomic E-state index is 0.000562. The standard InChI is InChI=1S/C36H35F2N5O6S2/c1-46-25-10-9-23(28(15-25)47-2)18-43(31(45)27-12-11-26(17-39-27)49-33(37)38)29-20-50-32(40-29)36-21-48-35(13-6-14-35)16-24(36)19-51-34(42-36)41-30(44)22-7-4-3-5-8-22/h3-5,7-12,15,17,20,24,33H,6,13-14,16,18-19,21H2,1-2H3,(H,41,42,44)/t24-,36-/m0/s1. The fraction of sp³-hybridized carbons (Fsp3) is 0.361. The Balaban J connectivity index is 1.25. The number of alkyl halides is 2. The van der Waals surface area contributed by atoms with E-state index < -0.39 is 18.1 Å². The predicted octanol–water partition coefficient (Wildman–Crippen LogP) is 6.69. The first kappa shape index (κ1) is 34.8. The molecule has 0 unspecified atom stereocenters. The van der Waals surface area contributed by atoms with Crippen LogP contribution in [0.15, 0.2) is 77.2 Å². The first-order valence-electron chi connectivity index (χ1n) is 16.3. The van der Waals surface area contributed by atoms with Gasteiger partial charge in [0.15, 0.2) is 5.17 Å². The summed E-state index contributed by atoms with van der Waals surface area (Å²) in [4.78, 5) is 43.2. The number of amides is 2. The van der Waals surface area contributed by atoms with Gasteiger partial charge in [0.25, 0.3) is 11.8 Å². The topological polar surface area (TPSA) is 124 Å². The fourth-order valence-corrected chi connectivity index (χ4v) is 8.78. The Morgan fingerprint density at radius 3 is 2.57 bits per heavy atom. The minimum atomic E-state index is -3.03. The largest absolute Gasteiger partial charge is 0.497 e. The van der Waals surface area contributed by atoms with Crippen LogP contribution >= 0.6 is 23.1 Å². The lowest BCUT2D eigenvalue weighted by molar-refractivity contribution is -0.169. The number of carbonyl (C=O) groups excluding carboxylic acids is 2. The number of ether oxygens (including phenoxy) is 4. The summed E-state index contributed by atoms with van der Waals surface area (Å²) in [5, 5.41) is 5.91. The van der Waals surface area contributed by atoms with Crippen molar-refractivity contribution in [2.45, 2.75) is 50.0 Å². The number of aromatic nitrogens is 2. The van der Waals surface area contributed by atoms with Gasteiger partial charge in [0.1, 0.15) is 39.3 Å². The zero-order chi connectivity index (χ0) is 35.6. The van der Waals surface area contributed by atoms with Crippen molar-refractivity contribution in [3.8, 4) is 17.2 Å². The summed E-state index contributed by atoms with van der Waals surface area (Å²) in [6.45, 7) is -2.71. The zero-order valence-corrected chi connectivity index (χ0v) is 29.5. The van der Waals surface area contributed by atoms with Crippen LogP contribution in [0.3, 0.4) is 0 Å². The van der Waals surface area contributed by atoms with E-state index in [1.54, 1.807) is 42.8 Å². The smallest absolute Gasteiger partial charge is 0.387 e. The Morgan fingerprint density at radius 1 is 1.08 bits per heavy atom. The molecule has 1 saturated heterocycles. The quantitative estimate of drug-likeness (QED) is 0.190. The molecule has 1 N–H and O–H groups in total. The SMILES string of the molecule is COc1ccc(CN(C(=O)c2ccc(OC(F)F)cn2)c2csc([C@]34COC5(CCC5)C[C@H]3CSC(NC(=O)c3ccccc3)=N4)n2)c(OC)c1. The Kier molecular flexibility index (Phi) is 9.94. The average Bonchev–Trinajstić information content (AvgIpc) is 3.64. The maximum atomic E-state index is 14.2. The van der Waals surface area contributed by atoms with Crippen LogP contribution in [0.2, 0.25) is 0 Å². The molecule has 51 heavy (non-hydrogen) atoms. The van der Waals surface area contributed by atoms with Crippen molar-refractivity contribution in [3.05, 3.63) is 94.1 Å². The summed E-state index contributed by atoms with van der Waals surface area (Å²) in [6, 6.07) is 16.8. The second-order valence-corrected chi connectivity index (χ2v) is 14.4. The number of amidine groups is 1. The molecule has 4 aromatic rings. The normalized spacial score (nSPS) is 20.5. The molecule has 2 fully saturated rings. The third kappa shape index (κ3) is 7.14. The van der Waals surface area contributed by atoms with Crippen molar-refractivity contribution >= 4 is 45.9 Å². The number of hydrogen-bond donors (Lipinski definition) is 1. The summed E-state index contributed by atoms with van der Waals surface area (Å²) < 4.78 is 47.6. The number of thiazole rings is 1. The molecular formula is C36H35F2N5O6S2. The molecule has 1 saturated carbocycles. The molecular weight excluding hydrogens is 701 g/mol. The fourth-order valence-electron chi connectivity index (χ4n) is 6.61. The molecule has 2 aromatic heterocycles. The van der Waals surface area contributed by atoms with Gasteiger partial charge in [-0.1, -0.05) is 30.0 Å². The van der Waals surface area contributed by atoms with Gasteiger partial charge in [0.2, 0.25) is 0 Å². The summed E-state index contributed by atoms with van der Waals surface area (Å²) in [7, 11) is 3.08. The number of aliphatic imine (C=N–C) groups is 1. The summed E-state index contributed by atoms with van der Waals surface area (Å²) >= 11 is 2.88. The van der Waals surface area contributed by atoms with Crippen molar-refractivity contribution < 1.29 is 37.3 Å². The van der Waals surface area contributed by atoms with E-state index in [2.05, 4.69) is 15.0 Å². The molecule has 15 heteroatoms. The second-order valence-electron chi connectivity index (χ2n) is 12.5. The lowest BCUT2D eigenvalue weighted by Gasteiger charge is -2.54. The van der Waals surface area contributed by atoms with Crippen LogP contribution in [0.4, 0.5) is 14.6 Å². The molecule has 7 rings (SSSR count). The van der Waals surface area contributed by atoms with E-state index in [0.717, 1.165) is 31.9 Å². The summed E-state index contributed by atoms with van der Waals surface area (Å²) in [5.74, 6) is 1.24. The molecule has 3 aliphatic rings. The van der Waals surface area contributed by atoms with Gasteiger partial charge >= 0.3 is 6.61 Å². The zero-order valence-electron chi connectivity index (χ0n) is 27.8. The van der Waals surface area contributed by atoms with Crippen LogP contribution in [0.1, 0.15) is 57.1 Å². The lowest BCUT2D eigenvalue weighted by atomic mass is 9.67. The third-order valence-corrected chi connectivity index (χ3v) is 11.6. The lowest BCUT2D eigenvalue weighted by Crippen LogP contribution is -2.57. The Morgan fingerprint density at radius 2 is 1.88 bits per heavy atom. The highest BCUT2D eigenvalue weighted by Gasteiger charge is 2.56. The van der Waals surface area contributed by atoms with Crippen molar-refractivity contribution in [1.82, 2.24) is 15.3 Å². The maximum Gasteiger partial charge on any atom is 0.387 e. The monoisotopic (exact) mass is 735 g/mol. The van der Waals surface area contributed by atoms with Gasteiger partial charge in [0, 0.05) is 34.2 Å². The number of thioether (sulfide) groups is 1. The summed E-state index contributed by atoms with van der Waals surface area (Å²) in [5.41, 5.74) is 0.120. The molecule has 2 aliphatic heterocycles. The number of anilines is 1. The van der Waals surface area contributed by atoms with Crippen LogP contribution in [0.25, 0.3) is 0 Å². The highest BCUT2D eigenvalue weighted by Crippen LogP contribution is 2.54. The number of hydrogen-bond acceptors (Lipinski definition) is 11. The van der Waals surface area contributed by atoms with E-state index in [4.69, 9.17) is 24.2 Å². The molecule has 0 bridgehead atoms. The number of rotatable bonds is 10. The van der Waals surface area contributed by atoms with Crippen LogP contribution in [0, 0.1) is 5.92 Å². The Hall–Kier alpha value is -4.60. The number of pyridine rings is 1. The second kappa shape index (κ2) is 14.6. The predicted molar refractivity (Wildman–Crippen MR) is 189 cm³/mol. The molecule has 11 nitrogen and oxygen atoms in total. The number of methoxy groups -OCH3 is 2. The highest BCUT2D eigenvalue weighted by atomic mass is 32.2. The van der Waals surface area contributed by atoms with E-state index in [-0.39, 0.29) is 42.0 Å². The van der Waals surface area contributed by atoms with Crippen molar-refractivity contribution in [3.63, 3.8) is 0 Å². The van der Waals surface area contributed by atoms with E-state index in [1.165, 1.54) is 47.2 Å². The van der Waals surface area contributed by atoms with E-state index >= 15 is 0 Å². The van der Waals surface area contributed by atoms with Crippen molar-refractivity contribution in [1.29, 1.82) is 0 Å². The van der Waals surface area contributed by atoms with Gasteiger partial charge in [-0.2, -0.15) is 8.78 Å². The first-order valence-corrected chi connectivity index (χ1v) is 18.2. The van der Waals surface area contributed by atoms with Crippen LogP contribution < -0.4 is 24.4 Å². The molecule has 1 spiro atoms. The first-order chi connectivity index (χ1) is 24.7. The third-order valence-electron chi connectivity index (χ3n) is 9.52. The molecule has 2 amide bonds. The van der Waals surface area contributed by atoms with E-state index in [0.29, 0.717) is 44.4 Å². The molecule has 1 aliphatic carbocycles. The van der Waals surface area contributed by atoms with Crippen molar-refractivity contribution in [2.75, 3.05) is 31.5 Å². The number of nitrogens with one attached hydrogen (secondary N) is 1. The highest BCUT2D eigenvalue weighted by molar-refractivity contribution is 8.13. The maximum absolute atomic E-state index is 14.2. The Labute approximate surface area is 301 Å². The number of fused-ring (bicyclic) bond motifs is 1. The van der Waals surface area contributed by atoms with Crippen LogP contribution in [-0.4, -0.2) is 65.7 Å². The molecule has 4 heterocycles. The number of nitrogens with zero attached hydrogens (tertiary/aromatic N) is 4. The van der Waals surface area contributed by atoms with Gasteiger partial charge in [-0.05, 0) is 62.1 Å². The van der Waals surface area contributed by atoms with Gasteiger partial charge in [-0.3, -0.25) is 14.5 Å². The van der Waals surface area contributed by atoms with Crippen molar-refractivity contribution in [2.24, 2.45) is 10.9 Å². The van der Waals surface area contributed by atoms with Gasteiger partial charge in [-0.25, -0.2) is 15.0 Å².